The molecule has 3 aromatic heterocycles. The van der Waals surface area contributed by atoms with Gasteiger partial charge in [-0.1, -0.05) is 24.6 Å². The van der Waals surface area contributed by atoms with Crippen LogP contribution in [0, 0.1) is 0 Å². The van der Waals surface area contributed by atoms with Crippen molar-refractivity contribution in [3.63, 3.8) is 0 Å². The number of amides is 1. The zero-order chi connectivity index (χ0) is 24.3. The summed E-state index contributed by atoms with van der Waals surface area (Å²) >= 11 is 0. The van der Waals surface area contributed by atoms with Gasteiger partial charge in [0.05, 0.1) is 11.9 Å². The van der Waals surface area contributed by atoms with Crippen LogP contribution in [0.1, 0.15) is 29.6 Å². The number of pyridine rings is 1. The molecule has 0 bridgehead atoms. The summed E-state index contributed by atoms with van der Waals surface area (Å²) < 4.78 is 0. The number of aromatic nitrogens is 4. The molecule has 1 fully saturated rings. The fraction of sp³-hybridized carbons (Fsp3) is 0.241. The molecule has 0 spiro atoms. The van der Waals surface area contributed by atoms with E-state index in [1.165, 1.54) is 19.3 Å². The molecule has 0 radical (unpaired) electrons. The number of rotatable bonds is 6. The summed E-state index contributed by atoms with van der Waals surface area (Å²) in [5, 5.41) is 4.20. The van der Waals surface area contributed by atoms with Crippen molar-refractivity contribution in [1.82, 2.24) is 30.2 Å². The second-order valence-corrected chi connectivity index (χ2v) is 9.34. The van der Waals surface area contributed by atoms with Crippen LogP contribution in [0.25, 0.3) is 44.5 Å². The first-order chi connectivity index (χ1) is 17.7. The molecule has 6 rings (SSSR count). The molecule has 0 unspecified atom stereocenters. The maximum absolute atomic E-state index is 12.5. The number of fused-ring (bicyclic) bond motifs is 2. The van der Waals surface area contributed by atoms with E-state index >= 15 is 0 Å². The summed E-state index contributed by atoms with van der Waals surface area (Å²) in [5.41, 5.74) is 6.82. The van der Waals surface area contributed by atoms with Gasteiger partial charge >= 0.3 is 0 Å². The van der Waals surface area contributed by atoms with Crippen LogP contribution >= 0.6 is 0 Å². The topological polar surface area (TPSA) is 86.8 Å². The van der Waals surface area contributed by atoms with Crippen molar-refractivity contribution in [1.29, 1.82) is 0 Å². The lowest BCUT2D eigenvalue weighted by atomic mass is 10.1. The molecule has 0 saturated carbocycles. The lowest BCUT2D eigenvalue weighted by Crippen LogP contribution is -2.37. The molecular weight excluding hydrogens is 448 g/mol. The van der Waals surface area contributed by atoms with Crippen molar-refractivity contribution >= 4 is 28.0 Å². The first-order valence-electron chi connectivity index (χ1n) is 12.5. The number of H-pyrrole nitrogens is 1. The quantitative estimate of drug-likeness (QED) is 0.358. The lowest BCUT2D eigenvalue weighted by Gasteiger charge is -2.26. The van der Waals surface area contributed by atoms with Crippen LogP contribution in [0.5, 0.6) is 0 Å². The van der Waals surface area contributed by atoms with Crippen LogP contribution in [0.3, 0.4) is 0 Å². The van der Waals surface area contributed by atoms with E-state index in [1.54, 1.807) is 6.20 Å². The highest BCUT2D eigenvalue weighted by Crippen LogP contribution is 2.26. The summed E-state index contributed by atoms with van der Waals surface area (Å²) in [7, 11) is 0. The van der Waals surface area contributed by atoms with Gasteiger partial charge in [0.25, 0.3) is 5.91 Å². The molecule has 0 atom stereocenters. The highest BCUT2D eigenvalue weighted by atomic mass is 16.1. The number of hydrogen-bond donors (Lipinski definition) is 2. The van der Waals surface area contributed by atoms with Gasteiger partial charge in [-0.15, -0.1) is 0 Å². The van der Waals surface area contributed by atoms with E-state index < -0.39 is 0 Å². The molecule has 1 aliphatic heterocycles. The van der Waals surface area contributed by atoms with Gasteiger partial charge in [-0.05, 0) is 73.3 Å². The van der Waals surface area contributed by atoms with Crippen molar-refractivity contribution < 1.29 is 4.79 Å². The Morgan fingerprint density at radius 2 is 1.72 bits per heavy atom. The van der Waals surface area contributed by atoms with E-state index in [4.69, 9.17) is 4.98 Å². The van der Waals surface area contributed by atoms with Gasteiger partial charge in [0.2, 0.25) is 0 Å². The first kappa shape index (κ1) is 22.4. The number of nitrogens with one attached hydrogen (secondary N) is 2. The van der Waals surface area contributed by atoms with Crippen molar-refractivity contribution in [3.05, 3.63) is 78.8 Å². The van der Waals surface area contributed by atoms with E-state index in [2.05, 4.69) is 49.4 Å². The predicted octanol–water partition coefficient (Wildman–Crippen LogP) is 5.06. The molecule has 2 N–H and O–H groups in total. The average molecular weight is 477 g/mol. The summed E-state index contributed by atoms with van der Waals surface area (Å²) in [6.07, 6.45) is 9.37. The zero-order valence-corrected chi connectivity index (χ0v) is 20.1. The van der Waals surface area contributed by atoms with Gasteiger partial charge < -0.3 is 15.2 Å². The van der Waals surface area contributed by atoms with Crippen molar-refractivity contribution in [2.75, 3.05) is 26.2 Å². The van der Waals surface area contributed by atoms with Crippen LogP contribution < -0.4 is 5.32 Å². The van der Waals surface area contributed by atoms with Crippen LogP contribution in [0.2, 0.25) is 0 Å². The molecule has 36 heavy (non-hydrogen) atoms. The van der Waals surface area contributed by atoms with E-state index in [1.807, 2.05) is 42.7 Å². The lowest BCUT2D eigenvalue weighted by molar-refractivity contribution is 0.0946. The third-order valence-electron chi connectivity index (χ3n) is 6.89. The Morgan fingerprint density at radius 1 is 0.889 bits per heavy atom. The second-order valence-electron chi connectivity index (χ2n) is 9.34. The number of piperidine rings is 1. The number of hydrogen-bond acceptors (Lipinski definition) is 5. The highest BCUT2D eigenvalue weighted by Gasteiger charge is 2.12. The Bertz CT molecular complexity index is 1520. The van der Waals surface area contributed by atoms with E-state index in [0.29, 0.717) is 17.8 Å². The number of carbonyl (C=O) groups excluding carboxylic acids is 1. The van der Waals surface area contributed by atoms with Crippen LogP contribution in [-0.2, 0) is 0 Å². The van der Waals surface area contributed by atoms with E-state index in [0.717, 1.165) is 58.4 Å². The van der Waals surface area contributed by atoms with Crippen molar-refractivity contribution in [2.24, 2.45) is 0 Å². The Morgan fingerprint density at radius 3 is 2.58 bits per heavy atom. The van der Waals surface area contributed by atoms with Gasteiger partial charge in [0.15, 0.2) is 5.65 Å². The smallest absolute Gasteiger partial charge is 0.251 e. The number of carbonyl (C=O) groups is 1. The minimum atomic E-state index is -0.0461. The number of benzene rings is 2. The van der Waals surface area contributed by atoms with Crippen LogP contribution in [0.15, 0.2) is 73.2 Å². The van der Waals surface area contributed by atoms with E-state index in [9.17, 15) is 4.79 Å². The molecular formula is C29H28N6O. The molecule has 1 amide bonds. The summed E-state index contributed by atoms with van der Waals surface area (Å²) in [4.78, 5) is 32.1. The molecule has 4 heterocycles. The third kappa shape index (κ3) is 4.70. The number of nitrogens with zero attached hydrogens (tertiary/aromatic N) is 4. The van der Waals surface area contributed by atoms with Gasteiger partial charge in [-0.25, -0.2) is 9.97 Å². The summed E-state index contributed by atoms with van der Waals surface area (Å²) in [6, 6.07) is 17.9. The fourth-order valence-electron chi connectivity index (χ4n) is 4.84. The van der Waals surface area contributed by atoms with E-state index in [-0.39, 0.29) is 5.91 Å². The summed E-state index contributed by atoms with van der Waals surface area (Å²) in [6.45, 7) is 3.85. The maximum Gasteiger partial charge on any atom is 0.251 e. The van der Waals surface area contributed by atoms with Crippen LogP contribution in [0.4, 0.5) is 0 Å². The molecule has 7 nitrogen and oxygen atoms in total. The second kappa shape index (κ2) is 9.87. The van der Waals surface area contributed by atoms with Gasteiger partial charge in [0, 0.05) is 47.7 Å². The Kier molecular flexibility index (Phi) is 6.13. The Labute approximate surface area is 209 Å². The highest BCUT2D eigenvalue weighted by molar-refractivity contribution is 5.94. The predicted molar refractivity (Wildman–Crippen MR) is 143 cm³/mol. The van der Waals surface area contributed by atoms with Gasteiger partial charge in [-0.3, -0.25) is 9.78 Å². The molecule has 7 heteroatoms. The number of aromatic amines is 1. The normalized spacial score (nSPS) is 14.3. The van der Waals surface area contributed by atoms with Crippen molar-refractivity contribution in [2.45, 2.75) is 19.3 Å². The Balaban J connectivity index is 1.14. The molecule has 1 aliphatic rings. The van der Waals surface area contributed by atoms with Crippen molar-refractivity contribution in [3.8, 4) is 22.4 Å². The molecule has 0 aliphatic carbocycles. The minimum absolute atomic E-state index is 0.0461. The SMILES string of the molecule is O=C(NCCN1CCCCC1)c1ccc(-c2cnc3cc(-c4ccc5[nH]ccc5c4)cnc3n2)cc1. The average Bonchev–Trinajstić information content (AvgIpc) is 3.41. The standard InChI is InChI=1S/C29H28N6O/c36-29(31-12-15-35-13-2-1-3-14-35)21-6-4-20(5-7-21)27-19-32-26-17-24(18-33-28(26)34-27)22-8-9-25-23(16-22)10-11-30-25/h4-11,16-19,30H,1-3,12-15H2,(H,31,36). The molecule has 2 aromatic carbocycles. The molecule has 180 valence electrons. The van der Waals surface area contributed by atoms with Gasteiger partial charge in [0.1, 0.15) is 5.52 Å². The summed E-state index contributed by atoms with van der Waals surface area (Å²) in [5.74, 6) is -0.0461. The van der Waals surface area contributed by atoms with Crippen LogP contribution in [-0.4, -0.2) is 56.9 Å². The Hall–Kier alpha value is -4.10. The molecule has 5 aromatic rings. The third-order valence-corrected chi connectivity index (χ3v) is 6.89. The molecule has 1 saturated heterocycles. The maximum atomic E-state index is 12.5. The van der Waals surface area contributed by atoms with Gasteiger partial charge in [-0.2, -0.15) is 0 Å². The number of likely N-dealkylation sites (tertiary alicyclic amines) is 1. The monoisotopic (exact) mass is 476 g/mol. The fourth-order valence-corrected chi connectivity index (χ4v) is 4.84. The minimum Gasteiger partial charge on any atom is -0.361 e. The largest absolute Gasteiger partial charge is 0.361 e. The zero-order valence-electron chi connectivity index (χ0n) is 20.1. The first-order valence-corrected chi connectivity index (χ1v) is 12.5.